The number of piperazine rings is 1. The van der Waals surface area contributed by atoms with Crippen molar-refractivity contribution in [1.82, 2.24) is 25.3 Å². The zero-order valence-corrected chi connectivity index (χ0v) is 21.2. The molecule has 3 atom stereocenters. The fourth-order valence-corrected chi connectivity index (χ4v) is 4.33. The second kappa shape index (κ2) is 13.2. The Morgan fingerprint density at radius 1 is 1.33 bits per heavy atom. The quantitative estimate of drug-likeness (QED) is 0.256. The molecule has 0 radical (unpaired) electrons. The maximum atomic E-state index is 12.8. The van der Waals surface area contributed by atoms with Gasteiger partial charge in [0, 0.05) is 62.3 Å². The minimum Gasteiger partial charge on any atom is -0.348 e. The van der Waals surface area contributed by atoms with Crippen molar-refractivity contribution >= 4 is 17.8 Å². The molecular formula is C26H37FN6O3. The van der Waals surface area contributed by atoms with Crippen LogP contribution in [0.3, 0.4) is 0 Å². The number of hydrogen-bond acceptors (Lipinski definition) is 7. The molecule has 0 aliphatic carbocycles. The molecule has 2 N–H and O–H groups in total. The summed E-state index contributed by atoms with van der Waals surface area (Å²) in [7, 11) is 0. The summed E-state index contributed by atoms with van der Waals surface area (Å²) in [4.78, 5) is 35.3. The van der Waals surface area contributed by atoms with Crippen LogP contribution in [-0.4, -0.2) is 90.4 Å². The second-order valence-corrected chi connectivity index (χ2v) is 8.92. The number of alkyl halides is 1. The molecule has 0 bridgehead atoms. The lowest BCUT2D eigenvalue weighted by Crippen LogP contribution is -2.56. The first-order valence-corrected chi connectivity index (χ1v) is 12.4. The topological polar surface area (TPSA) is 89.5 Å². The van der Waals surface area contributed by atoms with Gasteiger partial charge in [-0.25, -0.2) is 9.38 Å². The van der Waals surface area contributed by atoms with Crippen molar-refractivity contribution in [2.24, 2.45) is 4.99 Å². The van der Waals surface area contributed by atoms with E-state index in [1.54, 1.807) is 28.0 Å². The summed E-state index contributed by atoms with van der Waals surface area (Å²) >= 11 is 0. The van der Waals surface area contributed by atoms with E-state index < -0.39 is 12.5 Å². The maximum Gasteiger partial charge on any atom is 0.248 e. The number of aliphatic imine (C=N–C) groups is 1. The van der Waals surface area contributed by atoms with Gasteiger partial charge in [-0.15, -0.1) is 0 Å². The van der Waals surface area contributed by atoms with E-state index in [2.05, 4.69) is 35.6 Å². The molecule has 3 aliphatic heterocycles. The normalized spacial score (nSPS) is 23.3. The Labute approximate surface area is 212 Å². The lowest BCUT2D eigenvalue weighted by molar-refractivity contribution is -0.129. The van der Waals surface area contributed by atoms with Crippen molar-refractivity contribution in [3.8, 4) is 0 Å². The highest BCUT2D eigenvalue weighted by atomic mass is 19.1. The zero-order chi connectivity index (χ0) is 26.1. The van der Waals surface area contributed by atoms with Crippen molar-refractivity contribution < 1.29 is 18.7 Å². The van der Waals surface area contributed by atoms with Crippen LogP contribution in [0, 0.1) is 0 Å². The number of carbonyl (C=O) groups excluding carboxylic acids is 2. The highest BCUT2D eigenvalue weighted by Crippen LogP contribution is 2.22. The third kappa shape index (κ3) is 7.38. The lowest BCUT2D eigenvalue weighted by atomic mass is 10.1. The standard InChI is InChI=1S/C26H37FN6O3/c1-5-22(9-7-8-16-36-20(4)27)29-26-28-17-21-10-11-24(35)33(25(21)30-26)15-14-31-12-13-32(18-19(31)3)23(34)6-2/h5-6,9-11,17,19-20,25H,1-2,7-8,12-16,18H2,3-4H3,(H2,28,29,30)/b22-9+/t19-,20?,25?/m0/s1. The SMILES string of the molecule is C=CC(=O)N1CCN(CCN2C(=O)C=CC3=CNC(N/C(C=C)=C/CCCOC(C)F)=NC32)[C@@H](C)C1. The van der Waals surface area contributed by atoms with Crippen molar-refractivity contribution in [1.29, 1.82) is 0 Å². The molecule has 0 aromatic carbocycles. The lowest BCUT2D eigenvalue weighted by Gasteiger charge is -2.41. The summed E-state index contributed by atoms with van der Waals surface area (Å²) in [6, 6.07) is 0.181. The third-order valence-corrected chi connectivity index (χ3v) is 6.34. The number of nitrogens with zero attached hydrogens (tertiary/aromatic N) is 4. The first-order chi connectivity index (χ1) is 17.3. The van der Waals surface area contributed by atoms with E-state index in [9.17, 15) is 14.0 Å². The molecule has 9 nitrogen and oxygen atoms in total. The number of allylic oxidation sites excluding steroid dienone is 2. The number of halogens is 1. The Bertz CT molecular complexity index is 957. The molecule has 1 saturated heterocycles. The molecule has 3 rings (SSSR count). The van der Waals surface area contributed by atoms with Crippen molar-refractivity contribution in [3.63, 3.8) is 0 Å². The van der Waals surface area contributed by atoms with Crippen molar-refractivity contribution in [2.75, 3.05) is 39.3 Å². The van der Waals surface area contributed by atoms with Crippen LogP contribution in [0.15, 0.2) is 66.0 Å². The van der Waals surface area contributed by atoms with Crippen LogP contribution in [0.25, 0.3) is 0 Å². The number of unbranched alkanes of at least 4 members (excludes halogenated alkanes) is 1. The van der Waals surface area contributed by atoms with Gasteiger partial charge in [0.2, 0.25) is 17.8 Å². The minimum absolute atomic E-state index is 0.0488. The molecular weight excluding hydrogens is 463 g/mol. The molecule has 0 saturated carbocycles. The van der Waals surface area contributed by atoms with E-state index in [1.807, 2.05) is 12.3 Å². The molecule has 1 fully saturated rings. The molecule has 0 aromatic rings. The fraction of sp³-hybridized carbons (Fsp3) is 0.500. The Morgan fingerprint density at radius 3 is 2.83 bits per heavy atom. The first-order valence-electron chi connectivity index (χ1n) is 12.4. The number of guanidine groups is 1. The highest BCUT2D eigenvalue weighted by molar-refractivity contribution is 5.92. The number of amides is 2. The Kier molecular flexibility index (Phi) is 10.0. The largest absolute Gasteiger partial charge is 0.348 e. The Hall–Kier alpha value is -3.24. The molecule has 0 spiro atoms. The van der Waals surface area contributed by atoms with Gasteiger partial charge in [0.15, 0.2) is 12.5 Å². The van der Waals surface area contributed by atoms with E-state index in [0.29, 0.717) is 51.6 Å². The van der Waals surface area contributed by atoms with Crippen LogP contribution < -0.4 is 10.6 Å². The monoisotopic (exact) mass is 500 g/mol. The summed E-state index contributed by atoms with van der Waals surface area (Å²) in [5, 5.41) is 6.35. The number of nitrogens with one attached hydrogen (secondary N) is 2. The van der Waals surface area contributed by atoms with Gasteiger partial charge >= 0.3 is 0 Å². The van der Waals surface area contributed by atoms with Gasteiger partial charge in [-0.2, -0.15) is 0 Å². The zero-order valence-electron chi connectivity index (χ0n) is 21.2. The number of rotatable bonds is 11. The first kappa shape index (κ1) is 27.3. The molecule has 36 heavy (non-hydrogen) atoms. The average Bonchev–Trinajstić information content (AvgIpc) is 2.87. The highest BCUT2D eigenvalue weighted by Gasteiger charge is 2.32. The van der Waals surface area contributed by atoms with Crippen LogP contribution in [0.4, 0.5) is 4.39 Å². The Balaban J connectivity index is 1.59. The summed E-state index contributed by atoms with van der Waals surface area (Å²) in [5.41, 5.74) is 1.66. The van der Waals surface area contributed by atoms with Gasteiger partial charge in [-0.1, -0.05) is 19.2 Å². The average molecular weight is 501 g/mol. The molecule has 2 amide bonds. The molecule has 10 heteroatoms. The van der Waals surface area contributed by atoms with Gasteiger partial charge in [0.1, 0.15) is 0 Å². The second-order valence-electron chi connectivity index (χ2n) is 8.92. The predicted octanol–water partition coefficient (Wildman–Crippen LogP) is 2.04. The fourth-order valence-electron chi connectivity index (χ4n) is 4.33. The molecule has 3 aliphatic rings. The summed E-state index contributed by atoms with van der Waals surface area (Å²) in [6.45, 7) is 14.4. The van der Waals surface area contributed by atoms with Crippen LogP contribution >= 0.6 is 0 Å². The van der Waals surface area contributed by atoms with E-state index in [0.717, 1.165) is 17.8 Å². The third-order valence-electron chi connectivity index (χ3n) is 6.34. The Morgan fingerprint density at radius 2 is 2.14 bits per heavy atom. The van der Waals surface area contributed by atoms with Crippen LogP contribution in [-0.2, 0) is 14.3 Å². The number of hydrogen-bond donors (Lipinski definition) is 2. The predicted molar refractivity (Wildman–Crippen MR) is 138 cm³/mol. The number of fused-ring (bicyclic) bond motifs is 1. The van der Waals surface area contributed by atoms with Crippen molar-refractivity contribution in [3.05, 3.63) is 61.0 Å². The van der Waals surface area contributed by atoms with Crippen LogP contribution in [0.2, 0.25) is 0 Å². The summed E-state index contributed by atoms with van der Waals surface area (Å²) in [6.07, 6.45) is 9.85. The number of carbonyl (C=O) groups is 2. The molecule has 196 valence electrons. The molecule has 0 aromatic heterocycles. The van der Waals surface area contributed by atoms with Gasteiger partial charge < -0.3 is 25.2 Å². The van der Waals surface area contributed by atoms with E-state index in [4.69, 9.17) is 9.73 Å². The smallest absolute Gasteiger partial charge is 0.248 e. The van der Waals surface area contributed by atoms with Gasteiger partial charge in [-0.05, 0) is 44.9 Å². The summed E-state index contributed by atoms with van der Waals surface area (Å²) < 4.78 is 17.7. The van der Waals surface area contributed by atoms with Crippen LogP contribution in [0.1, 0.15) is 26.7 Å². The number of ether oxygens (including phenoxy) is 1. The minimum atomic E-state index is -1.27. The van der Waals surface area contributed by atoms with E-state index in [-0.39, 0.29) is 17.9 Å². The van der Waals surface area contributed by atoms with Gasteiger partial charge in [0.05, 0.1) is 6.61 Å². The van der Waals surface area contributed by atoms with Gasteiger partial charge in [0.25, 0.3) is 0 Å². The van der Waals surface area contributed by atoms with Crippen LogP contribution in [0.5, 0.6) is 0 Å². The van der Waals surface area contributed by atoms with Crippen molar-refractivity contribution in [2.45, 2.75) is 45.3 Å². The maximum absolute atomic E-state index is 12.8. The summed E-state index contributed by atoms with van der Waals surface area (Å²) in [5.74, 6) is 0.380. The van der Waals surface area contributed by atoms with Gasteiger partial charge in [-0.3, -0.25) is 14.5 Å². The van der Waals surface area contributed by atoms with E-state index >= 15 is 0 Å². The van der Waals surface area contributed by atoms with E-state index in [1.165, 1.54) is 13.0 Å². The molecule has 3 heterocycles. The molecule has 2 unspecified atom stereocenters.